The zero-order chi connectivity index (χ0) is 28.4. The Morgan fingerprint density at radius 1 is 1.20 bits per heavy atom. The number of aryl methyl sites for hydroxylation is 1. The van der Waals surface area contributed by atoms with Gasteiger partial charge in [-0.05, 0) is 89.7 Å². The van der Waals surface area contributed by atoms with Gasteiger partial charge in [-0.1, -0.05) is 0 Å². The average Bonchev–Trinajstić information content (AvgIpc) is 3.70. The number of aromatic amines is 1. The first-order valence-corrected chi connectivity index (χ1v) is 15.4. The van der Waals surface area contributed by atoms with Crippen molar-refractivity contribution in [2.75, 3.05) is 12.9 Å². The molecule has 0 spiro atoms. The quantitative estimate of drug-likeness (QED) is 0.314. The van der Waals surface area contributed by atoms with Gasteiger partial charge >= 0.3 is 0 Å². The van der Waals surface area contributed by atoms with Crippen molar-refractivity contribution in [3.8, 4) is 0 Å². The van der Waals surface area contributed by atoms with Gasteiger partial charge in [-0.15, -0.1) is 11.8 Å². The van der Waals surface area contributed by atoms with E-state index in [1.807, 2.05) is 38.3 Å². The minimum atomic E-state index is -0.213. The Morgan fingerprint density at radius 3 is 2.65 bits per heavy atom. The van der Waals surface area contributed by atoms with E-state index < -0.39 is 0 Å². The number of nitrogens with zero attached hydrogens (tertiary/aromatic N) is 2. The summed E-state index contributed by atoms with van der Waals surface area (Å²) in [7, 11) is 0. The Labute approximate surface area is 238 Å². The van der Waals surface area contributed by atoms with Gasteiger partial charge in [-0.3, -0.25) is 14.4 Å². The van der Waals surface area contributed by atoms with Crippen LogP contribution in [0.3, 0.4) is 0 Å². The second-order valence-electron chi connectivity index (χ2n) is 11.1. The van der Waals surface area contributed by atoms with E-state index in [-0.39, 0.29) is 42.7 Å². The maximum atomic E-state index is 13.6. The number of fused-ring (bicyclic) bond motifs is 1. The number of hydrogen-bond donors (Lipinski definition) is 3. The molecule has 9 nitrogen and oxygen atoms in total. The molecule has 3 aromatic rings. The van der Waals surface area contributed by atoms with E-state index >= 15 is 0 Å². The molecular weight excluding hydrogens is 526 g/mol. The Hall–Kier alpha value is -3.11. The van der Waals surface area contributed by atoms with Gasteiger partial charge in [0.2, 0.25) is 5.91 Å². The summed E-state index contributed by atoms with van der Waals surface area (Å²) in [6.45, 7) is 6.32. The number of H-pyrrole nitrogens is 1. The van der Waals surface area contributed by atoms with Gasteiger partial charge in [-0.25, -0.2) is 4.98 Å². The normalized spacial score (nSPS) is 19.9. The van der Waals surface area contributed by atoms with Crippen molar-refractivity contribution in [3.05, 3.63) is 57.3 Å². The number of pyridine rings is 2. The Kier molecular flexibility index (Phi) is 8.65. The molecule has 2 saturated carbocycles. The molecule has 0 radical (unpaired) electrons. The summed E-state index contributed by atoms with van der Waals surface area (Å²) >= 11 is 1.50. The number of thioether (sulfide) groups is 1. The van der Waals surface area contributed by atoms with E-state index in [4.69, 9.17) is 4.74 Å². The van der Waals surface area contributed by atoms with Crippen LogP contribution in [0.2, 0.25) is 0 Å². The van der Waals surface area contributed by atoms with Crippen molar-refractivity contribution in [2.45, 2.75) is 88.9 Å². The summed E-state index contributed by atoms with van der Waals surface area (Å²) in [6, 6.07) is 6.22. The third-order valence-corrected chi connectivity index (χ3v) is 9.11. The zero-order valence-electron chi connectivity index (χ0n) is 23.7. The van der Waals surface area contributed by atoms with E-state index in [1.165, 1.54) is 11.8 Å². The Balaban J connectivity index is 1.29. The van der Waals surface area contributed by atoms with Crippen LogP contribution in [0.15, 0.2) is 34.1 Å². The molecule has 2 aliphatic rings. The molecule has 0 bridgehead atoms. The van der Waals surface area contributed by atoms with Crippen molar-refractivity contribution in [2.24, 2.45) is 5.92 Å². The summed E-state index contributed by atoms with van der Waals surface area (Å²) in [5.74, 6) is 0.179. The monoisotopic (exact) mass is 565 g/mol. The van der Waals surface area contributed by atoms with Crippen molar-refractivity contribution >= 4 is 34.6 Å². The molecule has 214 valence electrons. The number of rotatable bonds is 10. The molecule has 3 heterocycles. The molecule has 3 aromatic heterocycles. The molecule has 1 atom stereocenters. The van der Waals surface area contributed by atoms with Gasteiger partial charge < -0.3 is 24.9 Å². The lowest BCUT2D eigenvalue weighted by Crippen LogP contribution is -2.33. The molecule has 0 saturated heterocycles. The topological polar surface area (TPSA) is 118 Å². The van der Waals surface area contributed by atoms with E-state index in [2.05, 4.69) is 32.1 Å². The summed E-state index contributed by atoms with van der Waals surface area (Å²) < 4.78 is 8.12. The predicted octanol–water partition coefficient (Wildman–Crippen LogP) is 4.41. The average molecular weight is 566 g/mol. The zero-order valence-corrected chi connectivity index (χ0v) is 24.5. The largest absolute Gasteiger partial charge is 0.368 e. The fourth-order valence-corrected chi connectivity index (χ4v) is 6.68. The van der Waals surface area contributed by atoms with Gasteiger partial charge in [-0.2, -0.15) is 0 Å². The first-order valence-electron chi connectivity index (χ1n) is 14.2. The highest BCUT2D eigenvalue weighted by molar-refractivity contribution is 7.98. The minimum absolute atomic E-state index is 0.0130. The number of nitrogens with one attached hydrogen (secondary N) is 3. The SMILES string of the molecule is CSc1cc(C)[nH]c(=O)c1CNC(=O)c1c(C)n(C(C)C2CCC(OCC(=O)NC3CC3)CC2)c2ncccc12. The molecular formula is C30H39N5O4S. The molecule has 2 fully saturated rings. The van der Waals surface area contributed by atoms with Crippen LogP contribution < -0.4 is 16.2 Å². The summed E-state index contributed by atoms with van der Waals surface area (Å²) in [5.41, 5.74) is 3.44. The van der Waals surface area contributed by atoms with Crippen LogP contribution in [0.25, 0.3) is 11.0 Å². The van der Waals surface area contributed by atoms with E-state index in [1.54, 1.807) is 6.20 Å². The van der Waals surface area contributed by atoms with Crippen molar-refractivity contribution in [3.63, 3.8) is 0 Å². The second-order valence-corrected chi connectivity index (χ2v) is 12.0. The fourth-order valence-electron chi connectivity index (χ4n) is 5.98. The molecule has 0 aliphatic heterocycles. The van der Waals surface area contributed by atoms with Gasteiger partial charge in [0.05, 0.1) is 11.7 Å². The van der Waals surface area contributed by atoms with Crippen molar-refractivity contribution in [1.29, 1.82) is 0 Å². The van der Waals surface area contributed by atoms with Gasteiger partial charge in [0.1, 0.15) is 12.3 Å². The number of carbonyl (C=O) groups is 2. The third kappa shape index (κ3) is 6.12. The summed E-state index contributed by atoms with van der Waals surface area (Å²) in [5, 5.41) is 6.79. The molecule has 3 N–H and O–H groups in total. The highest BCUT2D eigenvalue weighted by Crippen LogP contribution is 2.38. The third-order valence-electron chi connectivity index (χ3n) is 8.31. The van der Waals surface area contributed by atoms with E-state index in [9.17, 15) is 14.4 Å². The van der Waals surface area contributed by atoms with Crippen LogP contribution in [-0.2, 0) is 16.1 Å². The molecule has 0 aromatic carbocycles. The maximum Gasteiger partial charge on any atom is 0.254 e. The summed E-state index contributed by atoms with van der Waals surface area (Å²) in [6.07, 6.45) is 9.73. The van der Waals surface area contributed by atoms with Gasteiger partial charge in [0.25, 0.3) is 11.5 Å². The van der Waals surface area contributed by atoms with Crippen LogP contribution >= 0.6 is 11.8 Å². The Morgan fingerprint density at radius 2 is 1.95 bits per heavy atom. The lowest BCUT2D eigenvalue weighted by Gasteiger charge is -2.33. The van der Waals surface area contributed by atoms with Gasteiger partial charge in [0.15, 0.2) is 0 Å². The van der Waals surface area contributed by atoms with Crippen LogP contribution in [0.4, 0.5) is 0 Å². The molecule has 2 aliphatic carbocycles. The number of ether oxygens (including phenoxy) is 1. The number of amides is 2. The Bertz CT molecular complexity index is 1450. The van der Waals surface area contributed by atoms with Crippen LogP contribution in [0.5, 0.6) is 0 Å². The van der Waals surface area contributed by atoms with Crippen LogP contribution in [0.1, 0.15) is 78.8 Å². The van der Waals surface area contributed by atoms with E-state index in [0.717, 1.165) is 65.8 Å². The molecule has 1 unspecified atom stereocenters. The first-order chi connectivity index (χ1) is 19.3. The van der Waals surface area contributed by atoms with Crippen LogP contribution in [-0.4, -0.2) is 51.4 Å². The summed E-state index contributed by atoms with van der Waals surface area (Å²) in [4.78, 5) is 46.5. The number of carbonyl (C=O) groups excluding carboxylic acids is 2. The fraction of sp³-hybridized carbons (Fsp3) is 0.533. The standard InChI is InChI=1S/C30H39N5O4S/c1-17-14-25(40-4)24(29(37)33-17)15-32-30(38)27-19(3)35(28-23(27)6-5-13-31-28)18(2)20-7-11-22(12-8-20)39-16-26(36)34-21-9-10-21/h5-6,13-14,18,20-22H,7-12,15-16H2,1-4H3,(H,32,38)(H,33,37)(H,34,36). The van der Waals surface area contributed by atoms with E-state index in [0.29, 0.717) is 23.1 Å². The lowest BCUT2D eigenvalue weighted by molar-refractivity contribution is -0.128. The van der Waals surface area contributed by atoms with Crippen LogP contribution in [0, 0.1) is 19.8 Å². The number of aromatic nitrogens is 3. The lowest BCUT2D eigenvalue weighted by atomic mass is 9.83. The van der Waals surface area contributed by atoms with Crippen molar-refractivity contribution in [1.82, 2.24) is 25.2 Å². The maximum absolute atomic E-state index is 13.6. The van der Waals surface area contributed by atoms with Gasteiger partial charge in [0, 0.05) is 52.1 Å². The number of hydrogen-bond acceptors (Lipinski definition) is 6. The highest BCUT2D eigenvalue weighted by atomic mass is 32.2. The molecule has 2 amide bonds. The first kappa shape index (κ1) is 28.4. The van der Waals surface area contributed by atoms with Crippen molar-refractivity contribution < 1.29 is 14.3 Å². The highest BCUT2D eigenvalue weighted by Gasteiger charge is 2.31. The minimum Gasteiger partial charge on any atom is -0.368 e. The smallest absolute Gasteiger partial charge is 0.254 e. The second kappa shape index (κ2) is 12.2. The molecule has 10 heteroatoms. The molecule has 5 rings (SSSR count). The predicted molar refractivity (Wildman–Crippen MR) is 157 cm³/mol. The molecule has 40 heavy (non-hydrogen) atoms.